The summed E-state index contributed by atoms with van der Waals surface area (Å²) in [6.45, 7) is 1.99. The number of halogens is 3. The second kappa shape index (κ2) is 11.0. The maximum absolute atomic E-state index is 13.3. The van der Waals surface area contributed by atoms with Gasteiger partial charge in [-0.2, -0.15) is 5.10 Å². The Kier molecular flexibility index (Phi) is 7.51. The molecule has 2 heterocycles. The molecule has 0 spiro atoms. The fraction of sp³-hybridized carbons (Fsp3) is 0.0357. The molecular formula is C28H18Br2ClN3O4. The standard InChI is InChI=1S/C28H18Br2ClN3O4/c1-15-8-9-22-19(11-15)24(18-5-2-3-6-21(18)31)25(33-22)27(35)34-32-14-16-12-17(29)13-20(30)26(16)38-28(36)23-7-4-10-37-23/h2-14,33H,1H3,(H,34,35). The number of nitrogens with one attached hydrogen (secondary N) is 2. The Morgan fingerprint density at radius 2 is 1.89 bits per heavy atom. The van der Waals surface area contributed by atoms with Crippen LogP contribution < -0.4 is 10.2 Å². The van der Waals surface area contributed by atoms with E-state index in [1.807, 2.05) is 43.3 Å². The monoisotopic (exact) mass is 653 g/mol. The first-order chi connectivity index (χ1) is 18.3. The van der Waals surface area contributed by atoms with Gasteiger partial charge in [-0.15, -0.1) is 0 Å². The number of aromatic nitrogens is 1. The van der Waals surface area contributed by atoms with E-state index in [1.165, 1.54) is 18.5 Å². The van der Waals surface area contributed by atoms with E-state index >= 15 is 0 Å². The molecule has 0 radical (unpaired) electrons. The highest BCUT2D eigenvalue weighted by Gasteiger charge is 2.21. The Labute approximate surface area is 239 Å². The maximum atomic E-state index is 13.3. The van der Waals surface area contributed by atoms with E-state index in [-0.39, 0.29) is 11.5 Å². The van der Waals surface area contributed by atoms with Crippen LogP contribution in [-0.4, -0.2) is 23.1 Å². The van der Waals surface area contributed by atoms with Crippen LogP contribution in [0.25, 0.3) is 22.0 Å². The molecule has 2 aromatic heterocycles. The summed E-state index contributed by atoms with van der Waals surface area (Å²) >= 11 is 13.3. The molecule has 10 heteroatoms. The van der Waals surface area contributed by atoms with Gasteiger partial charge in [0, 0.05) is 37.1 Å². The number of fused-ring (bicyclic) bond motifs is 1. The van der Waals surface area contributed by atoms with E-state index < -0.39 is 11.9 Å². The zero-order valence-electron chi connectivity index (χ0n) is 19.7. The molecule has 0 aliphatic heterocycles. The van der Waals surface area contributed by atoms with Crippen molar-refractivity contribution < 1.29 is 18.7 Å². The van der Waals surface area contributed by atoms with Crippen LogP contribution in [0, 0.1) is 6.92 Å². The number of aryl methyl sites for hydroxylation is 1. The number of hydrazone groups is 1. The molecule has 3 aromatic carbocycles. The minimum atomic E-state index is -0.672. The first kappa shape index (κ1) is 26.0. The highest BCUT2D eigenvalue weighted by atomic mass is 79.9. The molecular weight excluding hydrogens is 638 g/mol. The number of furan rings is 1. The van der Waals surface area contributed by atoms with Gasteiger partial charge in [-0.05, 0) is 65.3 Å². The van der Waals surface area contributed by atoms with Crippen LogP contribution in [0.4, 0.5) is 0 Å². The van der Waals surface area contributed by atoms with Gasteiger partial charge >= 0.3 is 5.97 Å². The quantitative estimate of drug-likeness (QED) is 0.0842. The normalized spacial score (nSPS) is 11.3. The Morgan fingerprint density at radius 1 is 1.08 bits per heavy atom. The molecule has 0 saturated carbocycles. The number of benzene rings is 3. The van der Waals surface area contributed by atoms with Crippen LogP contribution in [-0.2, 0) is 0 Å². The van der Waals surface area contributed by atoms with E-state index in [9.17, 15) is 9.59 Å². The number of hydrogen-bond donors (Lipinski definition) is 2. The molecule has 0 atom stereocenters. The lowest BCUT2D eigenvalue weighted by molar-refractivity contribution is 0.0699. The van der Waals surface area contributed by atoms with Gasteiger partial charge in [0.15, 0.2) is 5.75 Å². The molecule has 2 N–H and O–H groups in total. The van der Waals surface area contributed by atoms with Gasteiger partial charge < -0.3 is 14.1 Å². The molecule has 0 bridgehead atoms. The van der Waals surface area contributed by atoms with Crippen molar-refractivity contribution in [1.29, 1.82) is 0 Å². The van der Waals surface area contributed by atoms with Crippen LogP contribution in [0.1, 0.15) is 32.2 Å². The van der Waals surface area contributed by atoms with Gasteiger partial charge in [0.1, 0.15) is 5.69 Å². The molecule has 7 nitrogen and oxygen atoms in total. The van der Waals surface area contributed by atoms with E-state index in [0.717, 1.165) is 22.0 Å². The summed E-state index contributed by atoms with van der Waals surface area (Å²) in [4.78, 5) is 29.0. The van der Waals surface area contributed by atoms with E-state index in [0.29, 0.717) is 30.8 Å². The molecule has 0 saturated heterocycles. The van der Waals surface area contributed by atoms with E-state index in [4.69, 9.17) is 20.8 Å². The van der Waals surface area contributed by atoms with Crippen LogP contribution in [0.15, 0.2) is 91.5 Å². The number of carbonyl (C=O) groups is 2. The molecule has 0 aliphatic rings. The van der Waals surface area contributed by atoms with E-state index in [2.05, 4.69) is 47.4 Å². The first-order valence-corrected chi connectivity index (χ1v) is 13.2. The van der Waals surface area contributed by atoms with Crippen molar-refractivity contribution in [3.63, 3.8) is 0 Å². The topological polar surface area (TPSA) is 96.7 Å². The summed E-state index contributed by atoms with van der Waals surface area (Å²) in [6, 6.07) is 19.8. The molecule has 0 aliphatic carbocycles. The minimum Gasteiger partial charge on any atom is -0.457 e. The third-order valence-corrected chi connectivity index (χ3v) is 7.02. The fourth-order valence-electron chi connectivity index (χ4n) is 3.96. The van der Waals surface area contributed by atoms with Crippen molar-refractivity contribution >= 4 is 72.5 Å². The lowest BCUT2D eigenvalue weighted by Crippen LogP contribution is -2.19. The number of hydrogen-bond acceptors (Lipinski definition) is 5. The van der Waals surface area contributed by atoms with Crippen molar-refractivity contribution in [3.05, 3.63) is 110 Å². The lowest BCUT2D eigenvalue weighted by Gasteiger charge is -2.10. The Bertz CT molecular complexity index is 1710. The number of ether oxygens (including phenoxy) is 1. The largest absolute Gasteiger partial charge is 0.457 e. The van der Waals surface area contributed by atoms with Crippen LogP contribution in [0.3, 0.4) is 0 Å². The van der Waals surface area contributed by atoms with Gasteiger partial charge in [-0.3, -0.25) is 4.79 Å². The molecule has 0 fully saturated rings. The number of carbonyl (C=O) groups excluding carboxylic acids is 2. The second-order valence-electron chi connectivity index (χ2n) is 8.28. The minimum absolute atomic E-state index is 0.0529. The molecule has 5 aromatic rings. The summed E-state index contributed by atoms with van der Waals surface area (Å²) in [6.07, 6.45) is 2.77. The highest BCUT2D eigenvalue weighted by Crippen LogP contribution is 2.37. The summed E-state index contributed by atoms with van der Waals surface area (Å²) in [5.41, 5.74) is 6.56. The number of aromatic amines is 1. The zero-order valence-corrected chi connectivity index (χ0v) is 23.6. The van der Waals surface area contributed by atoms with Crippen LogP contribution >= 0.6 is 43.5 Å². The van der Waals surface area contributed by atoms with Crippen molar-refractivity contribution in [2.75, 3.05) is 0 Å². The fourth-order valence-corrected chi connectivity index (χ4v) is 5.53. The Hall–Kier alpha value is -3.66. The maximum Gasteiger partial charge on any atom is 0.379 e. The van der Waals surface area contributed by atoms with Crippen molar-refractivity contribution in [2.45, 2.75) is 6.92 Å². The third kappa shape index (κ3) is 5.31. The number of amides is 1. The first-order valence-electron chi connectivity index (χ1n) is 11.3. The van der Waals surface area contributed by atoms with Gasteiger partial charge in [-0.25, -0.2) is 10.2 Å². The third-order valence-electron chi connectivity index (χ3n) is 5.65. The average Bonchev–Trinajstić information content (AvgIpc) is 3.55. The predicted octanol–water partition coefficient (Wildman–Crippen LogP) is 7.90. The number of esters is 1. The summed E-state index contributed by atoms with van der Waals surface area (Å²) in [5, 5.41) is 5.54. The molecule has 1 amide bonds. The summed E-state index contributed by atoms with van der Waals surface area (Å²) in [5.74, 6) is -0.870. The summed E-state index contributed by atoms with van der Waals surface area (Å²) in [7, 11) is 0. The van der Waals surface area contributed by atoms with Crippen LogP contribution in [0.2, 0.25) is 5.02 Å². The lowest BCUT2D eigenvalue weighted by atomic mass is 10.0. The van der Waals surface area contributed by atoms with Gasteiger partial charge in [0.05, 0.1) is 17.0 Å². The second-order valence-corrected chi connectivity index (χ2v) is 10.5. The Balaban J connectivity index is 1.47. The molecule has 38 heavy (non-hydrogen) atoms. The highest BCUT2D eigenvalue weighted by molar-refractivity contribution is 9.11. The molecule has 190 valence electrons. The molecule has 0 unspecified atom stereocenters. The SMILES string of the molecule is Cc1ccc2[nH]c(C(=O)NN=Cc3cc(Br)cc(Br)c3OC(=O)c3ccco3)c(-c3ccccc3Cl)c2c1. The van der Waals surface area contributed by atoms with Gasteiger partial charge in [-0.1, -0.05) is 57.4 Å². The number of nitrogens with zero attached hydrogens (tertiary/aromatic N) is 1. The average molecular weight is 656 g/mol. The van der Waals surface area contributed by atoms with Crippen LogP contribution in [0.5, 0.6) is 5.75 Å². The van der Waals surface area contributed by atoms with Crippen molar-refractivity contribution in [2.24, 2.45) is 5.10 Å². The summed E-state index contributed by atoms with van der Waals surface area (Å²) < 4.78 is 11.9. The smallest absolute Gasteiger partial charge is 0.379 e. The van der Waals surface area contributed by atoms with Gasteiger partial charge in [0.25, 0.3) is 5.91 Å². The van der Waals surface area contributed by atoms with Crippen molar-refractivity contribution in [3.8, 4) is 16.9 Å². The van der Waals surface area contributed by atoms with Crippen molar-refractivity contribution in [1.82, 2.24) is 10.4 Å². The van der Waals surface area contributed by atoms with Gasteiger partial charge in [0.2, 0.25) is 5.76 Å². The molecule has 5 rings (SSSR count). The number of rotatable bonds is 6. The predicted molar refractivity (Wildman–Crippen MR) is 154 cm³/mol. The van der Waals surface area contributed by atoms with E-state index in [1.54, 1.807) is 24.3 Å². The zero-order chi connectivity index (χ0) is 26.8. The Morgan fingerprint density at radius 3 is 2.66 bits per heavy atom. The number of H-pyrrole nitrogens is 1.